The van der Waals surface area contributed by atoms with Gasteiger partial charge in [0, 0.05) is 5.69 Å². The molecule has 1 atom stereocenters. The minimum absolute atomic E-state index is 0.283. The Hall–Kier alpha value is -1.99. The number of esters is 1. The Bertz CT molecular complexity index is 663. The fraction of sp³-hybridized carbons (Fsp3) is 0.400. The third-order valence-electron chi connectivity index (χ3n) is 3.70. The van der Waals surface area contributed by atoms with Crippen LogP contribution in [0.3, 0.4) is 0 Å². The Morgan fingerprint density at radius 2 is 1.75 bits per heavy atom. The predicted octanol–water partition coefficient (Wildman–Crippen LogP) is 2.60. The maximum absolute atomic E-state index is 11.9. The average Bonchev–Trinajstić information content (AvgIpc) is 3.05. The molecule has 1 aliphatic carbocycles. The van der Waals surface area contributed by atoms with E-state index in [9.17, 15) is 14.4 Å². The molecule has 1 aromatic carbocycles. The number of halogens is 2. The highest BCUT2D eigenvalue weighted by Crippen LogP contribution is 2.63. The van der Waals surface area contributed by atoms with Gasteiger partial charge in [-0.25, -0.2) is 15.0 Å². The Morgan fingerprint density at radius 1 is 1.17 bits per heavy atom. The van der Waals surface area contributed by atoms with Crippen molar-refractivity contribution in [3.8, 4) is 0 Å². The molecule has 0 saturated heterocycles. The Labute approximate surface area is 149 Å². The zero-order valence-corrected chi connectivity index (χ0v) is 14.6. The van der Waals surface area contributed by atoms with Gasteiger partial charge in [0.2, 0.25) is 5.91 Å². The van der Waals surface area contributed by atoms with Crippen molar-refractivity contribution >= 4 is 46.8 Å². The van der Waals surface area contributed by atoms with Crippen LogP contribution < -0.4 is 16.2 Å². The maximum Gasteiger partial charge on any atom is 0.338 e. The third-order valence-corrected chi connectivity index (χ3v) is 4.80. The topological polar surface area (TPSA) is 96.5 Å². The van der Waals surface area contributed by atoms with E-state index in [-0.39, 0.29) is 6.61 Å². The number of hydrogen-bond acceptors (Lipinski definition) is 4. The number of nitrogens with one attached hydrogen (secondary N) is 3. The largest absolute Gasteiger partial charge is 0.462 e. The van der Waals surface area contributed by atoms with Gasteiger partial charge in [0.05, 0.1) is 17.6 Å². The molecule has 0 spiro atoms. The smallest absolute Gasteiger partial charge is 0.338 e. The van der Waals surface area contributed by atoms with E-state index in [0.29, 0.717) is 17.7 Å². The summed E-state index contributed by atoms with van der Waals surface area (Å²) in [5.41, 5.74) is 4.37. The summed E-state index contributed by atoms with van der Waals surface area (Å²) >= 11 is 11.8. The van der Waals surface area contributed by atoms with Crippen LogP contribution >= 0.6 is 23.2 Å². The van der Waals surface area contributed by atoms with E-state index in [1.165, 1.54) is 12.1 Å². The summed E-state index contributed by atoms with van der Waals surface area (Å²) in [5.74, 6) is -0.913. The molecule has 0 aliphatic heterocycles. The molecule has 1 aliphatic rings. The fourth-order valence-electron chi connectivity index (χ4n) is 1.96. The molecule has 24 heavy (non-hydrogen) atoms. The number of anilines is 1. The average molecular weight is 374 g/mol. The van der Waals surface area contributed by atoms with Gasteiger partial charge in [0.1, 0.15) is 4.33 Å². The summed E-state index contributed by atoms with van der Waals surface area (Å²) in [6.07, 6.45) is 0.313. The summed E-state index contributed by atoms with van der Waals surface area (Å²) in [6.45, 7) is 3.61. The molecule has 3 amide bonds. The van der Waals surface area contributed by atoms with Gasteiger partial charge < -0.3 is 10.1 Å². The number of urea groups is 1. The Morgan fingerprint density at radius 3 is 2.25 bits per heavy atom. The van der Waals surface area contributed by atoms with Crippen LogP contribution in [0, 0.1) is 5.41 Å². The van der Waals surface area contributed by atoms with Gasteiger partial charge in [0.25, 0.3) is 0 Å². The van der Waals surface area contributed by atoms with E-state index in [4.69, 9.17) is 27.9 Å². The Balaban J connectivity index is 1.82. The quantitative estimate of drug-likeness (QED) is 0.429. The van der Waals surface area contributed by atoms with Crippen LogP contribution in [0.5, 0.6) is 0 Å². The lowest BCUT2D eigenvalue weighted by Gasteiger charge is -2.14. The SMILES string of the molecule is CCOC(=O)c1ccc(NC(=O)NNC(=O)[C@@]2(C)CC2(Cl)Cl)cc1. The van der Waals surface area contributed by atoms with E-state index in [2.05, 4.69) is 16.2 Å². The molecule has 1 aromatic rings. The molecule has 1 saturated carbocycles. The second-order valence-corrected chi connectivity index (χ2v) is 7.03. The van der Waals surface area contributed by atoms with Gasteiger partial charge >= 0.3 is 12.0 Å². The molecule has 0 heterocycles. The standard InChI is InChI=1S/C15H17Cl2N3O4/c1-3-24-11(21)9-4-6-10(7-5-9)18-13(23)20-19-12(22)14(2)8-15(14,16)17/h4-7H,3,8H2,1-2H3,(H,19,22)(H2,18,20,23)/t14-/m1/s1. The van der Waals surface area contributed by atoms with E-state index < -0.39 is 27.7 Å². The number of amides is 3. The van der Waals surface area contributed by atoms with Crippen LogP contribution in [0.15, 0.2) is 24.3 Å². The molecule has 3 N–H and O–H groups in total. The highest BCUT2D eigenvalue weighted by molar-refractivity contribution is 6.53. The van der Waals surface area contributed by atoms with Crippen LogP contribution in [0.25, 0.3) is 0 Å². The molecule has 0 bridgehead atoms. The third kappa shape index (κ3) is 3.91. The van der Waals surface area contributed by atoms with Gasteiger partial charge in [-0.2, -0.15) is 0 Å². The molecule has 0 aromatic heterocycles. The molecule has 0 unspecified atom stereocenters. The lowest BCUT2D eigenvalue weighted by atomic mass is 10.1. The molecular weight excluding hydrogens is 357 g/mol. The van der Waals surface area contributed by atoms with Crippen molar-refractivity contribution in [1.82, 2.24) is 10.9 Å². The molecular formula is C15H17Cl2N3O4. The van der Waals surface area contributed by atoms with Crippen molar-refractivity contribution in [2.45, 2.75) is 24.6 Å². The monoisotopic (exact) mass is 373 g/mol. The second-order valence-electron chi connectivity index (χ2n) is 5.54. The van der Waals surface area contributed by atoms with Crippen LogP contribution in [0.4, 0.5) is 10.5 Å². The van der Waals surface area contributed by atoms with Gasteiger partial charge in [-0.15, -0.1) is 23.2 Å². The zero-order chi connectivity index (χ0) is 18.0. The van der Waals surface area contributed by atoms with Crippen LogP contribution in [0.1, 0.15) is 30.6 Å². The summed E-state index contributed by atoms with van der Waals surface area (Å²) in [5, 5.41) is 2.51. The molecule has 2 rings (SSSR count). The summed E-state index contributed by atoms with van der Waals surface area (Å²) in [6, 6.07) is 5.47. The normalized spacial score (nSPS) is 20.7. The molecule has 9 heteroatoms. The van der Waals surface area contributed by atoms with Crippen molar-refractivity contribution in [3.63, 3.8) is 0 Å². The Kier molecular flexibility index (Phi) is 5.25. The first-order valence-corrected chi connectivity index (χ1v) is 7.97. The van der Waals surface area contributed by atoms with Crippen LogP contribution in [0.2, 0.25) is 0 Å². The fourth-order valence-corrected chi connectivity index (χ4v) is 2.67. The number of carbonyl (C=O) groups is 3. The lowest BCUT2D eigenvalue weighted by Crippen LogP contribution is -2.47. The first-order chi connectivity index (χ1) is 11.2. The molecule has 130 valence electrons. The van der Waals surface area contributed by atoms with E-state index >= 15 is 0 Å². The maximum atomic E-state index is 11.9. The number of ether oxygens (including phenoxy) is 1. The van der Waals surface area contributed by atoms with Crippen molar-refractivity contribution < 1.29 is 19.1 Å². The van der Waals surface area contributed by atoms with Gasteiger partial charge in [0.15, 0.2) is 0 Å². The summed E-state index contributed by atoms with van der Waals surface area (Å²) in [7, 11) is 0. The summed E-state index contributed by atoms with van der Waals surface area (Å²) < 4.78 is 3.75. The van der Waals surface area contributed by atoms with Gasteiger partial charge in [-0.3, -0.25) is 10.2 Å². The first kappa shape index (κ1) is 18.4. The van der Waals surface area contributed by atoms with Crippen LogP contribution in [-0.2, 0) is 9.53 Å². The number of rotatable bonds is 4. The highest BCUT2D eigenvalue weighted by atomic mass is 35.5. The zero-order valence-electron chi connectivity index (χ0n) is 13.1. The van der Waals surface area contributed by atoms with Crippen LogP contribution in [-0.4, -0.2) is 28.8 Å². The molecule has 1 fully saturated rings. The second kappa shape index (κ2) is 6.86. The molecule has 7 nitrogen and oxygen atoms in total. The van der Waals surface area contributed by atoms with E-state index in [0.717, 1.165) is 0 Å². The van der Waals surface area contributed by atoms with Crippen molar-refractivity contribution in [2.24, 2.45) is 5.41 Å². The predicted molar refractivity (Wildman–Crippen MR) is 89.9 cm³/mol. The number of hydrazine groups is 1. The van der Waals surface area contributed by atoms with Crippen molar-refractivity contribution in [1.29, 1.82) is 0 Å². The molecule has 0 radical (unpaired) electrons. The number of alkyl halides is 2. The number of carbonyl (C=O) groups excluding carboxylic acids is 3. The number of hydrogen-bond donors (Lipinski definition) is 3. The highest BCUT2D eigenvalue weighted by Gasteiger charge is 2.68. The van der Waals surface area contributed by atoms with E-state index in [1.54, 1.807) is 26.0 Å². The van der Waals surface area contributed by atoms with Gasteiger partial charge in [-0.1, -0.05) is 0 Å². The summed E-state index contributed by atoms with van der Waals surface area (Å²) in [4.78, 5) is 35.2. The van der Waals surface area contributed by atoms with Crippen molar-refractivity contribution in [2.75, 3.05) is 11.9 Å². The van der Waals surface area contributed by atoms with E-state index in [1.807, 2.05) is 0 Å². The van der Waals surface area contributed by atoms with Gasteiger partial charge in [-0.05, 0) is 44.5 Å². The lowest BCUT2D eigenvalue weighted by molar-refractivity contribution is -0.126. The number of benzene rings is 1. The minimum atomic E-state index is -1.11. The minimum Gasteiger partial charge on any atom is -0.462 e. The van der Waals surface area contributed by atoms with Crippen molar-refractivity contribution in [3.05, 3.63) is 29.8 Å². The first-order valence-electron chi connectivity index (χ1n) is 7.22.